The van der Waals surface area contributed by atoms with Crippen LogP contribution in [0, 0.1) is 0 Å². The number of anilines is 1. The standard InChI is InChI=1S/C49H33N3S2/c1-50-40-25-13-10-22-37(40)43-34-20-8-9-21-35(34)44-38-23-11-14-26-41(38)53-48(44)47(43)52-49-45(39-24-12-15-27-42(39)54-49)46(51-2)36-29-28-31(30-16-4-3-5-17-30)32-18-6-7-19-33(32)36/h3-29,50H,2H2,1H3/b46-45-,52-49?. The number of fused-ring (bicyclic) bond motifs is 7. The smallest absolute Gasteiger partial charge is 0.112 e. The van der Waals surface area contributed by atoms with Crippen LogP contribution in [0.3, 0.4) is 0 Å². The molecule has 0 aliphatic carbocycles. The Morgan fingerprint density at radius 1 is 0.574 bits per heavy atom. The average Bonchev–Trinajstić information content (AvgIpc) is 3.80. The largest absolute Gasteiger partial charge is 0.388 e. The van der Waals surface area contributed by atoms with Gasteiger partial charge in [-0.1, -0.05) is 157 Å². The highest BCUT2D eigenvalue weighted by molar-refractivity contribution is 8.15. The molecule has 256 valence electrons. The van der Waals surface area contributed by atoms with E-state index >= 15 is 0 Å². The normalized spacial score (nSPS) is 14.3. The van der Waals surface area contributed by atoms with Gasteiger partial charge in [0.05, 0.1) is 16.1 Å². The molecule has 3 nitrogen and oxygen atoms in total. The number of nitrogens with one attached hydrogen (secondary N) is 1. The van der Waals surface area contributed by atoms with E-state index in [1.165, 1.54) is 47.5 Å². The Morgan fingerprint density at radius 3 is 2.02 bits per heavy atom. The van der Waals surface area contributed by atoms with Crippen molar-refractivity contribution >= 4 is 99.2 Å². The van der Waals surface area contributed by atoms with Gasteiger partial charge in [-0.15, -0.1) is 11.3 Å². The van der Waals surface area contributed by atoms with E-state index in [2.05, 4.69) is 176 Å². The minimum absolute atomic E-state index is 0.826. The highest BCUT2D eigenvalue weighted by atomic mass is 32.2. The molecule has 0 radical (unpaired) electrons. The zero-order chi connectivity index (χ0) is 36.2. The summed E-state index contributed by atoms with van der Waals surface area (Å²) in [6.45, 7) is 4.21. The number of para-hydroxylation sites is 1. The lowest BCUT2D eigenvalue weighted by Gasteiger charge is -2.17. The average molecular weight is 728 g/mol. The number of hydrogen-bond donors (Lipinski definition) is 1. The number of nitrogens with zero attached hydrogens (tertiary/aromatic N) is 2. The molecule has 54 heavy (non-hydrogen) atoms. The third-order valence-electron chi connectivity index (χ3n) is 10.4. The van der Waals surface area contributed by atoms with Gasteiger partial charge in [-0.25, -0.2) is 4.99 Å². The van der Waals surface area contributed by atoms with Gasteiger partial charge in [-0.3, -0.25) is 4.99 Å². The fourth-order valence-electron chi connectivity index (χ4n) is 8.05. The van der Waals surface area contributed by atoms with Gasteiger partial charge >= 0.3 is 0 Å². The van der Waals surface area contributed by atoms with Gasteiger partial charge in [0.25, 0.3) is 0 Å². The Hall–Kier alpha value is -6.27. The zero-order valence-electron chi connectivity index (χ0n) is 29.5. The molecule has 1 N–H and O–H groups in total. The number of hydrogen-bond acceptors (Lipinski definition) is 5. The number of thioether (sulfide) groups is 1. The quantitative estimate of drug-likeness (QED) is 0.173. The van der Waals surface area contributed by atoms with Crippen LogP contribution in [-0.2, 0) is 0 Å². The summed E-state index contributed by atoms with van der Waals surface area (Å²) in [5.74, 6) is 0. The Kier molecular flexibility index (Phi) is 7.97. The van der Waals surface area contributed by atoms with E-state index in [1.54, 1.807) is 11.8 Å². The predicted octanol–water partition coefficient (Wildman–Crippen LogP) is 14.1. The number of thiophene rings is 1. The maximum absolute atomic E-state index is 5.84. The minimum Gasteiger partial charge on any atom is -0.388 e. The molecule has 0 atom stereocenters. The SMILES string of the molecule is C=N/C(=C1\C(=Nc2c(-c3ccccc3NC)c3ccccc3c3c2sc2ccccc23)Sc2ccccc21)c1ccc(-c2ccccc2)c2ccccc12. The number of rotatable bonds is 6. The molecule has 0 amide bonds. The van der Waals surface area contributed by atoms with Crippen LogP contribution in [-0.4, -0.2) is 18.8 Å². The van der Waals surface area contributed by atoms with E-state index in [4.69, 9.17) is 9.98 Å². The molecule has 0 saturated heterocycles. The van der Waals surface area contributed by atoms with Crippen molar-refractivity contribution in [2.24, 2.45) is 9.98 Å². The van der Waals surface area contributed by atoms with E-state index in [1.807, 2.05) is 18.4 Å². The molecule has 0 saturated carbocycles. The van der Waals surface area contributed by atoms with Gasteiger partial charge in [0, 0.05) is 60.9 Å². The maximum atomic E-state index is 5.84. The van der Waals surface area contributed by atoms with E-state index in [-0.39, 0.29) is 0 Å². The summed E-state index contributed by atoms with van der Waals surface area (Å²) in [7, 11) is 1.99. The van der Waals surface area contributed by atoms with E-state index in [0.29, 0.717) is 0 Å². The second kappa shape index (κ2) is 13.3. The molecular weight excluding hydrogens is 695 g/mol. The van der Waals surface area contributed by atoms with Crippen molar-refractivity contribution in [1.82, 2.24) is 0 Å². The van der Waals surface area contributed by atoms with Crippen LogP contribution in [0.4, 0.5) is 11.4 Å². The Balaban J connectivity index is 1.32. The van der Waals surface area contributed by atoms with Gasteiger partial charge in [0.15, 0.2) is 0 Å². The first-order valence-corrected chi connectivity index (χ1v) is 19.6. The summed E-state index contributed by atoms with van der Waals surface area (Å²) in [6.07, 6.45) is 0. The van der Waals surface area contributed by atoms with Gasteiger partial charge in [-0.05, 0) is 57.6 Å². The van der Waals surface area contributed by atoms with E-state index in [9.17, 15) is 0 Å². The molecule has 0 unspecified atom stereocenters. The molecule has 10 rings (SSSR count). The predicted molar refractivity (Wildman–Crippen MR) is 237 cm³/mol. The third-order valence-corrected chi connectivity index (χ3v) is 12.7. The molecule has 2 heterocycles. The van der Waals surface area contributed by atoms with E-state index < -0.39 is 0 Å². The fourth-order valence-corrected chi connectivity index (χ4v) is 10.3. The third kappa shape index (κ3) is 5.12. The zero-order valence-corrected chi connectivity index (χ0v) is 31.1. The van der Waals surface area contributed by atoms with Crippen molar-refractivity contribution in [3.05, 3.63) is 175 Å². The number of benzene rings is 8. The summed E-state index contributed by atoms with van der Waals surface area (Å²) in [6, 6.07) is 58.3. The molecule has 1 aromatic heterocycles. The monoisotopic (exact) mass is 727 g/mol. The van der Waals surface area contributed by atoms with Crippen LogP contribution in [0.5, 0.6) is 0 Å². The highest BCUT2D eigenvalue weighted by Crippen LogP contribution is 2.54. The first kappa shape index (κ1) is 32.4. The van der Waals surface area contributed by atoms with Crippen LogP contribution >= 0.6 is 23.1 Å². The first-order valence-electron chi connectivity index (χ1n) is 18.0. The van der Waals surface area contributed by atoms with E-state index in [0.717, 1.165) is 60.2 Å². The Bertz CT molecular complexity index is 3030. The molecule has 0 fully saturated rings. The molecule has 0 spiro atoms. The van der Waals surface area contributed by atoms with Crippen LogP contribution in [0.1, 0.15) is 11.1 Å². The summed E-state index contributed by atoms with van der Waals surface area (Å²) in [4.78, 5) is 11.9. The van der Waals surface area contributed by atoms with Crippen LogP contribution in [0.25, 0.3) is 75.2 Å². The fraction of sp³-hybridized carbons (Fsp3) is 0.0204. The molecule has 8 aromatic carbocycles. The topological polar surface area (TPSA) is 36.8 Å². The lowest BCUT2D eigenvalue weighted by molar-refractivity contribution is 1.43. The molecule has 1 aliphatic heterocycles. The summed E-state index contributed by atoms with van der Waals surface area (Å²) < 4.78 is 2.42. The molecule has 1 aliphatic rings. The molecule has 9 aromatic rings. The van der Waals surface area contributed by atoms with Crippen molar-refractivity contribution < 1.29 is 0 Å². The van der Waals surface area contributed by atoms with Crippen molar-refractivity contribution in [3.63, 3.8) is 0 Å². The van der Waals surface area contributed by atoms with Crippen molar-refractivity contribution in [3.8, 4) is 22.3 Å². The van der Waals surface area contributed by atoms with Gasteiger partial charge in [-0.2, -0.15) is 0 Å². The molecule has 0 bridgehead atoms. The number of aliphatic imine (C=N–C) groups is 2. The van der Waals surface area contributed by atoms with Gasteiger partial charge in [0.2, 0.25) is 0 Å². The van der Waals surface area contributed by atoms with Crippen molar-refractivity contribution in [2.45, 2.75) is 4.90 Å². The highest BCUT2D eigenvalue weighted by Gasteiger charge is 2.30. The lowest BCUT2D eigenvalue weighted by Crippen LogP contribution is -1.98. The minimum atomic E-state index is 0.826. The first-order chi connectivity index (χ1) is 26.7. The Morgan fingerprint density at radius 2 is 1.22 bits per heavy atom. The van der Waals surface area contributed by atoms with Gasteiger partial charge < -0.3 is 5.32 Å². The van der Waals surface area contributed by atoms with Crippen molar-refractivity contribution in [1.29, 1.82) is 0 Å². The van der Waals surface area contributed by atoms with Crippen LogP contribution in [0.15, 0.2) is 179 Å². The van der Waals surface area contributed by atoms with Crippen molar-refractivity contribution in [2.75, 3.05) is 12.4 Å². The second-order valence-corrected chi connectivity index (χ2v) is 15.4. The maximum Gasteiger partial charge on any atom is 0.112 e. The molecular formula is C49H33N3S2. The second-order valence-electron chi connectivity index (χ2n) is 13.3. The summed E-state index contributed by atoms with van der Waals surface area (Å²) in [5, 5.41) is 11.6. The molecule has 5 heteroatoms. The summed E-state index contributed by atoms with van der Waals surface area (Å²) in [5.41, 5.74) is 10.6. The summed E-state index contributed by atoms with van der Waals surface area (Å²) >= 11 is 3.53. The van der Waals surface area contributed by atoms with Crippen LogP contribution in [0.2, 0.25) is 0 Å². The Labute approximate surface area is 322 Å². The van der Waals surface area contributed by atoms with Gasteiger partial charge in [0.1, 0.15) is 5.04 Å². The lowest BCUT2D eigenvalue weighted by atomic mass is 9.91. The van der Waals surface area contributed by atoms with Crippen LogP contribution < -0.4 is 5.32 Å².